The van der Waals surface area contributed by atoms with Gasteiger partial charge in [0.1, 0.15) is 0 Å². The molecule has 0 saturated carbocycles. The van der Waals surface area contributed by atoms with Gasteiger partial charge in [0.2, 0.25) is 0 Å². The average molecular weight is 244 g/mol. The molecule has 2 heterocycles. The molecule has 0 spiro atoms. The standard InChI is InChI=1S/C12H24N2OS/c1-10(12-8-14(2)5-6-15-12)13-11-4-3-7-16-9-11/h10-13H,3-9H2,1-2H3/t10-,11+,12+/m1/s1. The zero-order valence-corrected chi connectivity index (χ0v) is 11.3. The van der Waals surface area contributed by atoms with Crippen molar-refractivity contribution in [1.29, 1.82) is 0 Å². The highest BCUT2D eigenvalue weighted by molar-refractivity contribution is 7.99. The number of hydrogen-bond donors (Lipinski definition) is 1. The predicted octanol–water partition coefficient (Wildman–Crippen LogP) is 1.19. The van der Waals surface area contributed by atoms with Gasteiger partial charge in [-0.1, -0.05) is 0 Å². The van der Waals surface area contributed by atoms with Gasteiger partial charge >= 0.3 is 0 Å². The van der Waals surface area contributed by atoms with Gasteiger partial charge in [-0.25, -0.2) is 0 Å². The van der Waals surface area contributed by atoms with Crippen LogP contribution in [0.25, 0.3) is 0 Å². The summed E-state index contributed by atoms with van der Waals surface area (Å²) in [5.41, 5.74) is 0. The lowest BCUT2D eigenvalue weighted by Crippen LogP contribution is -2.53. The van der Waals surface area contributed by atoms with Gasteiger partial charge in [0.05, 0.1) is 12.7 Å². The minimum atomic E-state index is 0.366. The SMILES string of the molecule is C[C@@H](N[C@H]1CCCSC1)[C@@H]1CN(C)CCO1. The van der Waals surface area contributed by atoms with Gasteiger partial charge < -0.3 is 15.0 Å². The maximum Gasteiger partial charge on any atom is 0.0852 e. The number of nitrogens with zero attached hydrogens (tertiary/aromatic N) is 1. The second kappa shape index (κ2) is 6.24. The smallest absolute Gasteiger partial charge is 0.0852 e. The monoisotopic (exact) mass is 244 g/mol. The van der Waals surface area contributed by atoms with Crippen molar-refractivity contribution in [1.82, 2.24) is 10.2 Å². The van der Waals surface area contributed by atoms with Crippen LogP contribution >= 0.6 is 11.8 Å². The molecule has 0 aromatic rings. The molecule has 94 valence electrons. The Bertz CT molecular complexity index is 209. The highest BCUT2D eigenvalue weighted by atomic mass is 32.2. The van der Waals surface area contributed by atoms with Crippen molar-refractivity contribution in [3.05, 3.63) is 0 Å². The number of morpholine rings is 1. The van der Waals surface area contributed by atoms with E-state index in [0.717, 1.165) is 19.7 Å². The van der Waals surface area contributed by atoms with Crippen molar-refractivity contribution in [2.24, 2.45) is 0 Å². The summed E-state index contributed by atoms with van der Waals surface area (Å²) in [7, 11) is 2.18. The summed E-state index contributed by atoms with van der Waals surface area (Å²) in [5, 5.41) is 3.74. The van der Waals surface area contributed by atoms with Gasteiger partial charge in [0, 0.05) is 30.9 Å². The van der Waals surface area contributed by atoms with Crippen molar-refractivity contribution in [2.75, 3.05) is 38.2 Å². The summed E-state index contributed by atoms with van der Waals surface area (Å²) < 4.78 is 5.84. The van der Waals surface area contributed by atoms with E-state index < -0.39 is 0 Å². The first-order chi connectivity index (χ1) is 7.75. The number of thioether (sulfide) groups is 1. The van der Waals surface area contributed by atoms with Crippen LogP contribution < -0.4 is 5.32 Å². The number of rotatable bonds is 3. The molecule has 2 saturated heterocycles. The van der Waals surface area contributed by atoms with Crippen molar-refractivity contribution in [2.45, 2.75) is 38.0 Å². The number of likely N-dealkylation sites (N-methyl/N-ethyl adjacent to an activating group) is 1. The Hall–Kier alpha value is 0.230. The van der Waals surface area contributed by atoms with Crippen molar-refractivity contribution < 1.29 is 4.74 Å². The Morgan fingerprint density at radius 1 is 1.50 bits per heavy atom. The van der Waals surface area contributed by atoms with Crippen molar-refractivity contribution in [3.8, 4) is 0 Å². The van der Waals surface area contributed by atoms with E-state index in [4.69, 9.17) is 4.74 Å². The molecule has 0 amide bonds. The van der Waals surface area contributed by atoms with Gasteiger partial charge in [0.15, 0.2) is 0 Å². The Morgan fingerprint density at radius 2 is 2.38 bits per heavy atom. The van der Waals surface area contributed by atoms with E-state index in [2.05, 4.69) is 35.9 Å². The fraction of sp³-hybridized carbons (Fsp3) is 1.00. The summed E-state index contributed by atoms with van der Waals surface area (Å²) in [4.78, 5) is 2.36. The van der Waals surface area contributed by atoms with Crippen LogP contribution in [0, 0.1) is 0 Å². The van der Waals surface area contributed by atoms with Gasteiger partial charge in [-0.05, 0) is 32.6 Å². The van der Waals surface area contributed by atoms with Gasteiger partial charge in [-0.15, -0.1) is 0 Å². The largest absolute Gasteiger partial charge is 0.374 e. The van der Waals surface area contributed by atoms with Crippen molar-refractivity contribution >= 4 is 11.8 Å². The topological polar surface area (TPSA) is 24.5 Å². The van der Waals surface area contributed by atoms with E-state index >= 15 is 0 Å². The maximum atomic E-state index is 5.84. The summed E-state index contributed by atoms with van der Waals surface area (Å²) in [6.45, 7) is 5.28. The first kappa shape index (κ1) is 12.7. The molecule has 2 aliphatic heterocycles. The summed E-state index contributed by atoms with van der Waals surface area (Å²) >= 11 is 2.08. The quantitative estimate of drug-likeness (QED) is 0.806. The molecule has 0 bridgehead atoms. The van der Waals surface area contributed by atoms with E-state index in [1.165, 1.54) is 24.3 Å². The van der Waals surface area contributed by atoms with E-state index in [1.54, 1.807) is 0 Å². The molecule has 0 radical (unpaired) electrons. The zero-order valence-electron chi connectivity index (χ0n) is 10.4. The van der Waals surface area contributed by atoms with Crippen molar-refractivity contribution in [3.63, 3.8) is 0 Å². The second-order valence-corrected chi connectivity index (χ2v) is 6.19. The molecule has 2 aliphatic rings. The van der Waals surface area contributed by atoms with Crippen LogP contribution in [0.2, 0.25) is 0 Å². The number of hydrogen-bond acceptors (Lipinski definition) is 4. The van der Waals surface area contributed by atoms with Crippen LogP contribution in [0.3, 0.4) is 0 Å². The molecule has 2 fully saturated rings. The highest BCUT2D eigenvalue weighted by Gasteiger charge is 2.25. The lowest BCUT2D eigenvalue weighted by molar-refractivity contribution is -0.0369. The molecule has 0 unspecified atom stereocenters. The third kappa shape index (κ3) is 3.62. The van der Waals surface area contributed by atoms with Crippen LogP contribution in [0.5, 0.6) is 0 Å². The molecule has 0 aliphatic carbocycles. The lowest BCUT2D eigenvalue weighted by atomic mass is 10.1. The number of ether oxygens (including phenoxy) is 1. The summed E-state index contributed by atoms with van der Waals surface area (Å²) in [6.07, 6.45) is 3.06. The molecule has 16 heavy (non-hydrogen) atoms. The molecule has 2 rings (SSSR count). The van der Waals surface area contributed by atoms with E-state index in [0.29, 0.717) is 18.2 Å². The Labute approximate surface area is 103 Å². The molecule has 3 atom stereocenters. The normalized spacial score (nSPS) is 34.9. The lowest BCUT2D eigenvalue weighted by Gasteiger charge is -2.36. The van der Waals surface area contributed by atoms with Crippen LogP contribution in [0.4, 0.5) is 0 Å². The first-order valence-electron chi connectivity index (χ1n) is 6.39. The van der Waals surface area contributed by atoms with E-state index in [9.17, 15) is 0 Å². The molecule has 1 N–H and O–H groups in total. The molecule has 0 aromatic carbocycles. The maximum absolute atomic E-state index is 5.84. The number of nitrogens with one attached hydrogen (secondary N) is 1. The minimum absolute atomic E-state index is 0.366. The van der Waals surface area contributed by atoms with E-state index in [1.807, 2.05) is 0 Å². The fourth-order valence-corrected chi connectivity index (χ4v) is 3.55. The first-order valence-corrected chi connectivity index (χ1v) is 7.55. The fourth-order valence-electron chi connectivity index (χ4n) is 2.46. The Kier molecular flexibility index (Phi) is 4.95. The molecule has 4 heteroatoms. The predicted molar refractivity (Wildman–Crippen MR) is 70.2 cm³/mol. The molecular weight excluding hydrogens is 220 g/mol. The molecular formula is C12H24N2OS. The summed E-state index contributed by atoms with van der Waals surface area (Å²) in [5.74, 6) is 2.61. The molecule has 0 aromatic heterocycles. The Balaban J connectivity index is 1.75. The van der Waals surface area contributed by atoms with Crippen LogP contribution in [0.15, 0.2) is 0 Å². The van der Waals surface area contributed by atoms with Gasteiger partial charge in [-0.3, -0.25) is 0 Å². The Morgan fingerprint density at radius 3 is 3.06 bits per heavy atom. The van der Waals surface area contributed by atoms with Crippen LogP contribution in [-0.2, 0) is 4.74 Å². The van der Waals surface area contributed by atoms with Gasteiger partial charge in [-0.2, -0.15) is 11.8 Å². The average Bonchev–Trinajstić information content (AvgIpc) is 2.30. The third-order valence-electron chi connectivity index (χ3n) is 3.51. The van der Waals surface area contributed by atoms with Gasteiger partial charge in [0.25, 0.3) is 0 Å². The zero-order chi connectivity index (χ0) is 11.4. The summed E-state index contributed by atoms with van der Waals surface area (Å²) in [6, 6.07) is 1.18. The molecule has 3 nitrogen and oxygen atoms in total. The second-order valence-electron chi connectivity index (χ2n) is 5.04. The minimum Gasteiger partial charge on any atom is -0.374 e. The van der Waals surface area contributed by atoms with Crippen LogP contribution in [0.1, 0.15) is 19.8 Å². The van der Waals surface area contributed by atoms with E-state index in [-0.39, 0.29) is 0 Å². The van der Waals surface area contributed by atoms with Crippen LogP contribution in [-0.4, -0.2) is 61.3 Å². The highest BCUT2D eigenvalue weighted by Crippen LogP contribution is 2.18. The third-order valence-corrected chi connectivity index (χ3v) is 4.73.